The van der Waals surface area contributed by atoms with Gasteiger partial charge in [0.1, 0.15) is 11.4 Å². The van der Waals surface area contributed by atoms with Crippen molar-refractivity contribution in [2.24, 2.45) is 5.84 Å². The number of benzene rings is 1. The van der Waals surface area contributed by atoms with Crippen LogP contribution in [0.15, 0.2) is 30.6 Å². The number of aromatic nitrogens is 2. The van der Waals surface area contributed by atoms with Gasteiger partial charge in [-0.15, -0.1) is 0 Å². The molecule has 1 aromatic carbocycles. The van der Waals surface area contributed by atoms with Crippen LogP contribution in [0, 0.1) is 0 Å². The molecular formula is C13H15ClN4O2. The highest BCUT2D eigenvalue weighted by Crippen LogP contribution is 2.33. The van der Waals surface area contributed by atoms with E-state index in [1.807, 2.05) is 0 Å². The van der Waals surface area contributed by atoms with Crippen molar-refractivity contribution in [2.45, 2.75) is 6.04 Å². The second kappa shape index (κ2) is 6.51. The zero-order valence-corrected chi connectivity index (χ0v) is 11.9. The standard InChI is InChI=1S/C13H15ClN4O2/c1-19-10-4-3-8(14)7-9(10)11(18-15)12-13(20-2)17-6-5-16-12/h3-7,11,18H,15H2,1-2H3. The quantitative estimate of drug-likeness (QED) is 0.645. The Morgan fingerprint density at radius 2 is 1.95 bits per heavy atom. The first kappa shape index (κ1) is 14.5. The van der Waals surface area contributed by atoms with Crippen molar-refractivity contribution < 1.29 is 9.47 Å². The number of rotatable bonds is 5. The van der Waals surface area contributed by atoms with E-state index in [1.165, 1.54) is 7.11 Å². The Bertz CT molecular complexity index is 594. The molecule has 0 aliphatic rings. The number of nitrogens with two attached hydrogens (primary N) is 1. The predicted octanol–water partition coefficient (Wildman–Crippen LogP) is 1.70. The molecule has 1 heterocycles. The van der Waals surface area contributed by atoms with Gasteiger partial charge in [0, 0.05) is 23.0 Å². The number of halogens is 1. The van der Waals surface area contributed by atoms with Gasteiger partial charge in [-0.2, -0.15) is 0 Å². The number of hydrazine groups is 1. The Hall–Kier alpha value is -1.89. The maximum absolute atomic E-state index is 6.04. The maximum Gasteiger partial charge on any atom is 0.237 e. The Balaban J connectivity index is 2.55. The van der Waals surface area contributed by atoms with Crippen molar-refractivity contribution in [1.29, 1.82) is 0 Å². The Kier molecular flexibility index (Phi) is 4.73. The summed E-state index contributed by atoms with van der Waals surface area (Å²) < 4.78 is 10.5. The summed E-state index contributed by atoms with van der Waals surface area (Å²) in [5.41, 5.74) is 4.00. The van der Waals surface area contributed by atoms with Gasteiger partial charge in [0.15, 0.2) is 0 Å². The van der Waals surface area contributed by atoms with Gasteiger partial charge < -0.3 is 9.47 Å². The minimum absolute atomic E-state index is 0.387. The second-order valence-corrected chi connectivity index (χ2v) is 4.37. The molecule has 2 rings (SSSR count). The van der Waals surface area contributed by atoms with E-state index in [0.717, 1.165) is 5.56 Å². The van der Waals surface area contributed by atoms with Gasteiger partial charge in [0.25, 0.3) is 0 Å². The second-order valence-electron chi connectivity index (χ2n) is 3.94. The van der Waals surface area contributed by atoms with Crippen LogP contribution in [-0.4, -0.2) is 24.2 Å². The lowest BCUT2D eigenvalue weighted by atomic mass is 10.0. The average molecular weight is 295 g/mol. The van der Waals surface area contributed by atoms with Crippen molar-refractivity contribution in [1.82, 2.24) is 15.4 Å². The van der Waals surface area contributed by atoms with E-state index in [2.05, 4.69) is 15.4 Å². The SMILES string of the molecule is COc1ccc(Cl)cc1C(NN)c1nccnc1OC. The number of hydrogen-bond donors (Lipinski definition) is 2. The largest absolute Gasteiger partial charge is 0.496 e. The normalized spacial score (nSPS) is 12.0. The van der Waals surface area contributed by atoms with Crippen molar-refractivity contribution in [3.8, 4) is 11.6 Å². The van der Waals surface area contributed by atoms with E-state index >= 15 is 0 Å². The van der Waals surface area contributed by atoms with Crippen LogP contribution in [0.5, 0.6) is 11.6 Å². The molecule has 0 amide bonds. The van der Waals surface area contributed by atoms with Gasteiger partial charge >= 0.3 is 0 Å². The lowest BCUT2D eigenvalue weighted by Crippen LogP contribution is -2.30. The fraction of sp³-hybridized carbons (Fsp3) is 0.231. The molecule has 2 aromatic rings. The fourth-order valence-corrected chi connectivity index (χ4v) is 2.12. The van der Waals surface area contributed by atoms with Crippen LogP contribution >= 0.6 is 11.6 Å². The summed E-state index contributed by atoms with van der Waals surface area (Å²) in [6.07, 6.45) is 3.12. The molecule has 0 bridgehead atoms. The lowest BCUT2D eigenvalue weighted by molar-refractivity contribution is 0.378. The molecule has 1 atom stereocenters. The molecule has 1 unspecified atom stereocenters. The summed E-state index contributed by atoms with van der Waals surface area (Å²) >= 11 is 6.04. The predicted molar refractivity (Wildman–Crippen MR) is 75.8 cm³/mol. The molecule has 0 aliphatic carbocycles. The first-order valence-electron chi connectivity index (χ1n) is 5.85. The van der Waals surface area contributed by atoms with Crippen LogP contribution in [0.1, 0.15) is 17.3 Å². The zero-order chi connectivity index (χ0) is 14.5. The summed E-state index contributed by atoms with van der Waals surface area (Å²) in [5, 5.41) is 0.573. The minimum atomic E-state index is -0.452. The Labute approximate surface area is 121 Å². The third kappa shape index (κ3) is 2.82. The molecule has 3 N–H and O–H groups in total. The smallest absolute Gasteiger partial charge is 0.237 e. The van der Waals surface area contributed by atoms with Gasteiger partial charge in [-0.25, -0.2) is 10.4 Å². The molecule has 0 radical (unpaired) electrons. The van der Waals surface area contributed by atoms with Crippen LogP contribution in [0.2, 0.25) is 5.02 Å². The van der Waals surface area contributed by atoms with E-state index in [1.54, 1.807) is 37.7 Å². The number of methoxy groups -OCH3 is 2. The van der Waals surface area contributed by atoms with Crippen LogP contribution < -0.4 is 20.7 Å². The van der Waals surface area contributed by atoms with Gasteiger partial charge in [-0.1, -0.05) is 11.6 Å². The van der Waals surface area contributed by atoms with Gasteiger partial charge in [-0.3, -0.25) is 10.8 Å². The summed E-state index contributed by atoms with van der Waals surface area (Å²) in [5.74, 6) is 6.69. The molecule has 7 heteroatoms. The molecule has 6 nitrogen and oxygen atoms in total. The average Bonchev–Trinajstić information content (AvgIpc) is 2.49. The van der Waals surface area contributed by atoms with Crippen molar-refractivity contribution >= 4 is 11.6 Å². The van der Waals surface area contributed by atoms with Crippen molar-refractivity contribution in [2.75, 3.05) is 14.2 Å². The molecular weight excluding hydrogens is 280 g/mol. The lowest BCUT2D eigenvalue weighted by Gasteiger charge is -2.20. The van der Waals surface area contributed by atoms with E-state index in [4.69, 9.17) is 26.9 Å². The van der Waals surface area contributed by atoms with Crippen molar-refractivity contribution in [3.05, 3.63) is 46.9 Å². The monoisotopic (exact) mass is 294 g/mol. The molecule has 0 saturated heterocycles. The third-order valence-electron chi connectivity index (χ3n) is 2.83. The summed E-state index contributed by atoms with van der Waals surface area (Å²) in [4.78, 5) is 8.39. The molecule has 0 saturated carbocycles. The van der Waals surface area contributed by atoms with E-state index in [9.17, 15) is 0 Å². The fourth-order valence-electron chi connectivity index (χ4n) is 1.94. The summed E-state index contributed by atoms with van der Waals surface area (Å²) in [6, 6.07) is 4.82. The van der Waals surface area contributed by atoms with Gasteiger partial charge in [0.05, 0.1) is 20.3 Å². The van der Waals surface area contributed by atoms with Gasteiger partial charge in [-0.05, 0) is 18.2 Å². The van der Waals surface area contributed by atoms with Gasteiger partial charge in [0.2, 0.25) is 5.88 Å². The number of nitrogens with one attached hydrogen (secondary N) is 1. The molecule has 0 aliphatic heterocycles. The molecule has 0 fully saturated rings. The molecule has 0 spiro atoms. The maximum atomic E-state index is 6.04. The van der Waals surface area contributed by atoms with Crippen molar-refractivity contribution in [3.63, 3.8) is 0 Å². The first-order chi connectivity index (χ1) is 9.71. The Morgan fingerprint density at radius 3 is 2.60 bits per heavy atom. The zero-order valence-electron chi connectivity index (χ0n) is 11.1. The van der Waals surface area contributed by atoms with E-state index in [0.29, 0.717) is 22.3 Å². The topological polar surface area (TPSA) is 82.3 Å². The summed E-state index contributed by atoms with van der Waals surface area (Å²) in [7, 11) is 3.10. The molecule has 20 heavy (non-hydrogen) atoms. The number of ether oxygens (including phenoxy) is 2. The summed E-state index contributed by atoms with van der Waals surface area (Å²) in [6.45, 7) is 0. The number of nitrogens with zero attached hydrogens (tertiary/aromatic N) is 2. The van der Waals surface area contributed by atoms with Crippen LogP contribution in [0.4, 0.5) is 0 Å². The molecule has 106 valence electrons. The Morgan fingerprint density at radius 1 is 1.20 bits per heavy atom. The third-order valence-corrected chi connectivity index (χ3v) is 3.06. The van der Waals surface area contributed by atoms with Crippen LogP contribution in [0.3, 0.4) is 0 Å². The minimum Gasteiger partial charge on any atom is -0.496 e. The van der Waals surface area contributed by atoms with Crippen LogP contribution in [-0.2, 0) is 0 Å². The highest BCUT2D eigenvalue weighted by molar-refractivity contribution is 6.30. The highest BCUT2D eigenvalue weighted by Gasteiger charge is 2.23. The first-order valence-corrected chi connectivity index (χ1v) is 6.23. The highest BCUT2D eigenvalue weighted by atomic mass is 35.5. The van der Waals surface area contributed by atoms with E-state index < -0.39 is 6.04 Å². The molecule has 1 aromatic heterocycles. The van der Waals surface area contributed by atoms with Crippen LogP contribution in [0.25, 0.3) is 0 Å². The van der Waals surface area contributed by atoms with E-state index in [-0.39, 0.29) is 0 Å². The number of hydrogen-bond acceptors (Lipinski definition) is 6.